The average Bonchev–Trinajstić information content (AvgIpc) is 3.00. The summed E-state index contributed by atoms with van der Waals surface area (Å²) in [6.45, 7) is -0.0142. The number of carbonyl (C=O) groups is 2. The van der Waals surface area contributed by atoms with Crippen LogP contribution < -0.4 is 18.4 Å². The Labute approximate surface area is 236 Å². The molecule has 0 saturated carbocycles. The maximum Gasteiger partial charge on any atom is 0.451 e. The van der Waals surface area contributed by atoms with Crippen molar-refractivity contribution in [3.63, 3.8) is 0 Å². The lowest BCUT2D eigenvalue weighted by Crippen LogP contribution is -2.44. The largest absolute Gasteiger partial charge is 0.451 e. The van der Waals surface area contributed by atoms with Crippen molar-refractivity contribution in [3.8, 4) is 11.5 Å². The van der Waals surface area contributed by atoms with Crippen LogP contribution in [0, 0.1) is 0 Å². The van der Waals surface area contributed by atoms with Crippen molar-refractivity contribution in [2.45, 2.75) is 6.42 Å². The number of anilines is 2. The quantitative estimate of drug-likeness (QED) is 0.218. The topological polar surface area (TPSA) is 99.7 Å². The molecular weight excluding hydrogens is 562 g/mol. The van der Waals surface area contributed by atoms with E-state index in [-0.39, 0.29) is 31.0 Å². The van der Waals surface area contributed by atoms with Crippen LogP contribution in [-0.4, -0.2) is 48.3 Å². The van der Waals surface area contributed by atoms with Gasteiger partial charge in [0.2, 0.25) is 0 Å². The molecule has 3 heterocycles. The van der Waals surface area contributed by atoms with E-state index in [4.69, 9.17) is 9.05 Å². The first kappa shape index (κ1) is 25.7. The minimum absolute atomic E-state index is 0.00710. The first-order chi connectivity index (χ1) is 19.7. The summed E-state index contributed by atoms with van der Waals surface area (Å²) in [5.41, 5.74) is 1.74. The van der Waals surface area contributed by atoms with Gasteiger partial charge in [0.15, 0.2) is 11.5 Å². The highest BCUT2D eigenvalue weighted by atomic mass is 31.2. The van der Waals surface area contributed by atoms with Crippen LogP contribution in [0.25, 0.3) is 10.8 Å². The molecule has 2 unspecified atom stereocenters. The Morgan fingerprint density at radius 2 is 1.00 bits per heavy atom. The molecule has 7 rings (SSSR count). The number of hydrogen-bond donors (Lipinski definition) is 0. The molecule has 4 aromatic carbocycles. The molecule has 0 aliphatic carbocycles. The molecule has 0 fully saturated rings. The van der Waals surface area contributed by atoms with Crippen LogP contribution in [0.1, 0.15) is 27.1 Å². The number of amides is 2. The number of fused-ring (bicyclic) bond motifs is 6. The van der Waals surface area contributed by atoms with Crippen LogP contribution >= 0.6 is 15.3 Å². The lowest BCUT2D eigenvalue weighted by molar-refractivity contribution is 0.0827. The SMILES string of the molecule is CN1c2ccccc2C(=O)N2CCCN3C(=O)c4ccccc4N(C)P3(=O)Oc3cc4ccccc4cc3OP21=O. The van der Waals surface area contributed by atoms with Crippen molar-refractivity contribution in [3.05, 3.63) is 96.1 Å². The molecule has 0 bridgehead atoms. The summed E-state index contributed by atoms with van der Waals surface area (Å²) in [5.74, 6) is -0.791. The summed E-state index contributed by atoms with van der Waals surface area (Å²) in [5, 5.41) is 1.53. The maximum absolute atomic E-state index is 14.9. The minimum atomic E-state index is -4.07. The van der Waals surface area contributed by atoms with Crippen LogP contribution in [0.4, 0.5) is 11.4 Å². The average molecular weight is 588 g/mol. The third kappa shape index (κ3) is 3.71. The zero-order chi connectivity index (χ0) is 28.5. The minimum Gasteiger partial charge on any atom is -0.410 e. The highest BCUT2D eigenvalue weighted by Crippen LogP contribution is 2.64. The molecule has 41 heavy (non-hydrogen) atoms. The fourth-order valence-corrected chi connectivity index (χ4v) is 9.87. The molecule has 0 saturated heterocycles. The molecule has 208 valence electrons. The van der Waals surface area contributed by atoms with Crippen LogP contribution in [0.3, 0.4) is 0 Å². The van der Waals surface area contributed by atoms with Crippen LogP contribution in [-0.2, 0) is 9.13 Å². The van der Waals surface area contributed by atoms with Crippen molar-refractivity contribution in [2.24, 2.45) is 0 Å². The summed E-state index contributed by atoms with van der Waals surface area (Å²) in [7, 11) is -4.88. The van der Waals surface area contributed by atoms with Gasteiger partial charge in [0, 0.05) is 27.2 Å². The Bertz CT molecular complexity index is 1730. The van der Waals surface area contributed by atoms with Crippen LogP contribution in [0.2, 0.25) is 0 Å². The fourth-order valence-electron chi connectivity index (χ4n) is 5.62. The van der Waals surface area contributed by atoms with Gasteiger partial charge in [0.25, 0.3) is 11.8 Å². The molecule has 0 spiro atoms. The predicted octanol–water partition coefficient (Wildman–Crippen LogP) is 6.40. The van der Waals surface area contributed by atoms with Gasteiger partial charge >= 0.3 is 15.3 Å². The summed E-state index contributed by atoms with van der Waals surface area (Å²) in [4.78, 5) is 27.5. The molecular formula is C29H26N4O6P2. The molecule has 12 heteroatoms. The van der Waals surface area contributed by atoms with Crippen molar-refractivity contribution >= 4 is 49.3 Å². The second-order valence-electron chi connectivity index (χ2n) is 10.1. The van der Waals surface area contributed by atoms with Gasteiger partial charge < -0.3 is 9.05 Å². The monoisotopic (exact) mass is 588 g/mol. The first-order valence-corrected chi connectivity index (χ1v) is 16.2. The third-order valence-corrected chi connectivity index (χ3v) is 12.6. The van der Waals surface area contributed by atoms with E-state index < -0.39 is 27.2 Å². The fraction of sp³-hybridized carbons (Fsp3) is 0.172. The molecule has 2 amide bonds. The van der Waals surface area contributed by atoms with Gasteiger partial charge in [-0.1, -0.05) is 48.5 Å². The van der Waals surface area contributed by atoms with Crippen LogP contribution in [0.5, 0.6) is 11.5 Å². The maximum atomic E-state index is 14.9. The van der Waals surface area contributed by atoms with E-state index in [1.807, 2.05) is 24.3 Å². The Hall–Kier alpha value is -4.26. The van der Waals surface area contributed by atoms with E-state index in [0.29, 0.717) is 22.5 Å². The van der Waals surface area contributed by atoms with Crippen molar-refractivity contribution in [1.82, 2.24) is 9.34 Å². The summed E-state index contributed by atoms with van der Waals surface area (Å²) >= 11 is 0. The number of nitrogens with zero attached hydrogens (tertiary/aromatic N) is 4. The van der Waals surface area contributed by atoms with Gasteiger partial charge in [0.05, 0.1) is 22.5 Å². The van der Waals surface area contributed by atoms with Crippen molar-refractivity contribution in [1.29, 1.82) is 0 Å². The third-order valence-electron chi connectivity index (χ3n) is 7.79. The van der Waals surface area contributed by atoms with Crippen molar-refractivity contribution < 1.29 is 27.8 Å². The lowest BCUT2D eigenvalue weighted by Gasteiger charge is -2.41. The molecule has 10 nitrogen and oxygen atoms in total. The molecule has 0 aromatic heterocycles. The molecule has 3 aliphatic heterocycles. The number of rotatable bonds is 0. The standard InChI is InChI=1S/C29H26N4O6P2/c1-30-24-14-7-5-12-22(24)28(34)32-16-9-17-33-29(35)23-13-6-8-15-25(23)31(2)41(33,37)39-27-19-21-11-4-3-10-20(21)18-26(27)38-40(30,32)36/h3-8,10-15,18-19H,9,16-17H2,1-2H3. The number of para-hydroxylation sites is 2. The zero-order valence-electron chi connectivity index (χ0n) is 22.3. The first-order valence-electron chi connectivity index (χ1n) is 13.2. The van der Waals surface area contributed by atoms with Gasteiger partial charge in [-0.25, -0.2) is 18.5 Å². The van der Waals surface area contributed by atoms with E-state index in [2.05, 4.69) is 0 Å². The van der Waals surface area contributed by atoms with E-state index in [1.54, 1.807) is 74.8 Å². The Morgan fingerprint density at radius 3 is 1.44 bits per heavy atom. The smallest absolute Gasteiger partial charge is 0.410 e. The number of hydrogen-bond acceptors (Lipinski definition) is 6. The van der Waals surface area contributed by atoms with Gasteiger partial charge in [-0.15, -0.1) is 0 Å². The molecule has 4 aromatic rings. The van der Waals surface area contributed by atoms with Gasteiger partial charge in [0.1, 0.15) is 0 Å². The van der Waals surface area contributed by atoms with Crippen LogP contribution in [0.15, 0.2) is 84.9 Å². The zero-order valence-corrected chi connectivity index (χ0v) is 24.1. The van der Waals surface area contributed by atoms with Crippen molar-refractivity contribution in [2.75, 3.05) is 36.5 Å². The van der Waals surface area contributed by atoms with E-state index in [1.165, 1.54) is 18.7 Å². The molecule has 0 N–H and O–H groups in total. The number of benzene rings is 4. The number of carbonyl (C=O) groups excluding carboxylic acids is 2. The Morgan fingerprint density at radius 1 is 0.610 bits per heavy atom. The molecule has 0 radical (unpaired) electrons. The second-order valence-corrected chi connectivity index (χ2v) is 14.6. The summed E-state index contributed by atoms with van der Waals surface area (Å²) in [6.07, 6.45) is 0.183. The van der Waals surface area contributed by atoms with E-state index in [9.17, 15) is 18.7 Å². The van der Waals surface area contributed by atoms with E-state index in [0.717, 1.165) is 10.8 Å². The predicted molar refractivity (Wildman–Crippen MR) is 157 cm³/mol. The summed E-state index contributed by atoms with van der Waals surface area (Å²) < 4.78 is 47.9. The van der Waals surface area contributed by atoms with E-state index >= 15 is 0 Å². The highest BCUT2D eigenvalue weighted by Gasteiger charge is 2.51. The van der Waals surface area contributed by atoms with Gasteiger partial charge in [-0.2, -0.15) is 0 Å². The normalized spacial score (nSPS) is 23.8. The second kappa shape index (κ2) is 9.13. The Balaban J connectivity index is 1.45. The molecule has 2 atom stereocenters. The summed E-state index contributed by atoms with van der Waals surface area (Å²) in [6, 6.07) is 24.6. The molecule has 3 aliphatic rings. The lowest BCUT2D eigenvalue weighted by atomic mass is 10.1. The highest BCUT2D eigenvalue weighted by molar-refractivity contribution is 7.60. The van der Waals surface area contributed by atoms with Gasteiger partial charge in [-0.05, 0) is 53.6 Å². The Kier molecular flexibility index (Phi) is 5.72. The van der Waals surface area contributed by atoms with Gasteiger partial charge in [-0.3, -0.25) is 18.9 Å².